The van der Waals surface area contributed by atoms with Gasteiger partial charge in [-0.2, -0.15) is 0 Å². The lowest BCUT2D eigenvalue weighted by Crippen LogP contribution is -2.02. The molecule has 2 aromatic heterocycles. The summed E-state index contributed by atoms with van der Waals surface area (Å²) in [5.41, 5.74) is 1.64. The fourth-order valence-corrected chi connectivity index (χ4v) is 2.29. The van der Waals surface area contributed by atoms with Crippen LogP contribution in [0, 0.1) is 0 Å². The zero-order valence-electron chi connectivity index (χ0n) is 8.59. The molecule has 0 aliphatic rings. The highest BCUT2D eigenvalue weighted by Gasteiger charge is 2.12. The molecule has 5 heteroatoms. The largest absolute Gasteiger partial charge is 0.477 e. The summed E-state index contributed by atoms with van der Waals surface area (Å²) in [6, 6.07) is 9.43. The van der Waals surface area contributed by atoms with Crippen molar-refractivity contribution in [3.63, 3.8) is 0 Å². The van der Waals surface area contributed by atoms with Crippen LogP contribution in [0.1, 0.15) is 10.5 Å². The topological polar surface area (TPSA) is 54.6 Å². The SMILES string of the molecule is O=C(O)c1cnc2ccc3cc(Br)ccc3n12. The Hall–Kier alpha value is -1.88. The summed E-state index contributed by atoms with van der Waals surface area (Å²) in [7, 11) is 0. The molecule has 0 aliphatic carbocycles. The number of hydrogen-bond acceptors (Lipinski definition) is 2. The van der Waals surface area contributed by atoms with E-state index in [1.54, 1.807) is 10.5 Å². The number of aromatic carboxylic acids is 1. The fourth-order valence-electron chi connectivity index (χ4n) is 1.91. The summed E-state index contributed by atoms with van der Waals surface area (Å²) >= 11 is 3.39. The minimum absolute atomic E-state index is 0.174. The Morgan fingerprint density at radius 1 is 1.29 bits per heavy atom. The summed E-state index contributed by atoms with van der Waals surface area (Å²) in [6.45, 7) is 0. The van der Waals surface area contributed by atoms with Gasteiger partial charge in [0.15, 0.2) is 5.69 Å². The van der Waals surface area contributed by atoms with Crippen LogP contribution in [0.3, 0.4) is 0 Å². The number of hydrogen-bond donors (Lipinski definition) is 1. The molecule has 0 saturated heterocycles. The lowest BCUT2D eigenvalue weighted by molar-refractivity contribution is 0.0690. The molecule has 0 unspecified atom stereocenters. The number of carbonyl (C=O) groups is 1. The number of halogens is 1. The van der Waals surface area contributed by atoms with Crippen LogP contribution in [0.15, 0.2) is 41.0 Å². The second kappa shape index (κ2) is 3.56. The molecule has 0 fully saturated rings. The first kappa shape index (κ1) is 10.3. The van der Waals surface area contributed by atoms with Crippen LogP contribution in [0.4, 0.5) is 0 Å². The van der Waals surface area contributed by atoms with Crippen molar-refractivity contribution >= 4 is 38.4 Å². The van der Waals surface area contributed by atoms with E-state index < -0.39 is 5.97 Å². The van der Waals surface area contributed by atoms with Gasteiger partial charge in [0.05, 0.1) is 11.7 Å². The molecule has 0 saturated carbocycles. The maximum Gasteiger partial charge on any atom is 0.354 e. The van der Waals surface area contributed by atoms with E-state index >= 15 is 0 Å². The lowest BCUT2D eigenvalue weighted by atomic mass is 10.2. The molecule has 3 rings (SSSR count). The van der Waals surface area contributed by atoms with Crippen molar-refractivity contribution in [1.29, 1.82) is 0 Å². The van der Waals surface area contributed by atoms with Gasteiger partial charge in [-0.1, -0.05) is 15.9 Å². The first-order valence-corrected chi connectivity index (χ1v) is 5.75. The molecular formula is C12H7BrN2O2. The quantitative estimate of drug-likeness (QED) is 0.750. The number of nitrogens with zero attached hydrogens (tertiary/aromatic N) is 2. The normalized spacial score (nSPS) is 11.1. The third-order valence-corrected chi connectivity index (χ3v) is 3.14. The van der Waals surface area contributed by atoms with Gasteiger partial charge < -0.3 is 5.11 Å². The maximum absolute atomic E-state index is 11.1. The molecule has 2 heterocycles. The minimum Gasteiger partial charge on any atom is -0.477 e. The summed E-state index contributed by atoms with van der Waals surface area (Å²) in [5, 5.41) is 10.1. The van der Waals surface area contributed by atoms with E-state index in [4.69, 9.17) is 5.11 Å². The van der Waals surface area contributed by atoms with Crippen molar-refractivity contribution in [1.82, 2.24) is 9.38 Å². The molecule has 4 nitrogen and oxygen atoms in total. The van der Waals surface area contributed by atoms with E-state index in [1.165, 1.54) is 6.20 Å². The van der Waals surface area contributed by atoms with Gasteiger partial charge in [-0.15, -0.1) is 0 Å². The van der Waals surface area contributed by atoms with Crippen LogP contribution < -0.4 is 0 Å². The second-order valence-electron chi connectivity index (χ2n) is 3.68. The number of aromatic nitrogens is 2. The number of carboxylic acid groups (broad SMARTS) is 1. The van der Waals surface area contributed by atoms with Crippen molar-refractivity contribution in [2.75, 3.05) is 0 Å². The van der Waals surface area contributed by atoms with Crippen LogP contribution >= 0.6 is 15.9 Å². The van der Waals surface area contributed by atoms with Crippen molar-refractivity contribution < 1.29 is 9.90 Å². The summed E-state index contributed by atoms with van der Waals surface area (Å²) in [4.78, 5) is 15.2. The Morgan fingerprint density at radius 3 is 2.88 bits per heavy atom. The molecule has 0 bridgehead atoms. The third kappa shape index (κ3) is 1.51. The zero-order valence-corrected chi connectivity index (χ0v) is 10.2. The number of rotatable bonds is 1. The van der Waals surface area contributed by atoms with E-state index in [2.05, 4.69) is 20.9 Å². The minimum atomic E-state index is -0.979. The molecule has 0 aliphatic heterocycles. The maximum atomic E-state index is 11.1. The van der Waals surface area contributed by atoms with Gasteiger partial charge in [0.2, 0.25) is 0 Å². The highest BCUT2D eigenvalue weighted by atomic mass is 79.9. The highest BCUT2D eigenvalue weighted by Crippen LogP contribution is 2.22. The third-order valence-electron chi connectivity index (χ3n) is 2.65. The standard InChI is InChI=1S/C12H7BrN2O2/c13-8-2-3-9-7(5-8)1-4-11-14-6-10(12(16)17)15(9)11/h1-6H,(H,16,17). The Kier molecular flexibility index (Phi) is 2.16. The van der Waals surface area contributed by atoms with E-state index in [0.717, 1.165) is 15.4 Å². The average molecular weight is 291 g/mol. The van der Waals surface area contributed by atoms with Gasteiger partial charge in [-0.3, -0.25) is 4.40 Å². The number of carboxylic acids is 1. The fraction of sp³-hybridized carbons (Fsp3) is 0. The summed E-state index contributed by atoms with van der Waals surface area (Å²) in [6.07, 6.45) is 1.37. The number of imidazole rings is 1. The zero-order chi connectivity index (χ0) is 12.0. The van der Waals surface area contributed by atoms with Crippen LogP contribution in [0.5, 0.6) is 0 Å². The molecule has 0 radical (unpaired) electrons. The Balaban J connectivity index is 2.52. The van der Waals surface area contributed by atoms with Gasteiger partial charge in [0, 0.05) is 4.47 Å². The van der Waals surface area contributed by atoms with Crippen molar-refractivity contribution in [3.8, 4) is 0 Å². The van der Waals surface area contributed by atoms with Gasteiger partial charge in [-0.05, 0) is 35.7 Å². The highest BCUT2D eigenvalue weighted by molar-refractivity contribution is 9.10. The molecule has 1 aromatic carbocycles. The molecule has 17 heavy (non-hydrogen) atoms. The Labute approximate surface area is 105 Å². The van der Waals surface area contributed by atoms with E-state index in [1.807, 2.05) is 24.3 Å². The molecule has 1 N–H and O–H groups in total. The van der Waals surface area contributed by atoms with E-state index in [9.17, 15) is 4.79 Å². The van der Waals surface area contributed by atoms with Crippen molar-refractivity contribution in [3.05, 3.63) is 46.7 Å². The lowest BCUT2D eigenvalue weighted by Gasteiger charge is -2.04. The van der Waals surface area contributed by atoms with Gasteiger partial charge in [0.25, 0.3) is 0 Å². The van der Waals surface area contributed by atoms with Crippen molar-refractivity contribution in [2.24, 2.45) is 0 Å². The Morgan fingerprint density at radius 2 is 2.12 bits per heavy atom. The number of pyridine rings is 1. The first-order valence-electron chi connectivity index (χ1n) is 4.96. The summed E-state index contributed by atoms with van der Waals surface area (Å²) < 4.78 is 2.60. The predicted molar refractivity (Wildman–Crippen MR) is 67.4 cm³/mol. The van der Waals surface area contributed by atoms with Gasteiger partial charge >= 0.3 is 5.97 Å². The predicted octanol–water partition coefficient (Wildman–Crippen LogP) is 2.95. The first-order chi connectivity index (χ1) is 8.16. The molecule has 0 amide bonds. The molecule has 0 spiro atoms. The van der Waals surface area contributed by atoms with Crippen LogP contribution in [-0.2, 0) is 0 Å². The van der Waals surface area contributed by atoms with Gasteiger partial charge in [-0.25, -0.2) is 9.78 Å². The smallest absolute Gasteiger partial charge is 0.354 e. The second-order valence-corrected chi connectivity index (χ2v) is 4.59. The van der Waals surface area contributed by atoms with Crippen LogP contribution in [0.25, 0.3) is 16.6 Å². The van der Waals surface area contributed by atoms with Crippen LogP contribution in [0.2, 0.25) is 0 Å². The van der Waals surface area contributed by atoms with Crippen molar-refractivity contribution in [2.45, 2.75) is 0 Å². The average Bonchev–Trinajstić information content (AvgIpc) is 2.72. The number of fused-ring (bicyclic) bond motifs is 3. The van der Waals surface area contributed by atoms with E-state index in [0.29, 0.717) is 5.65 Å². The van der Waals surface area contributed by atoms with Gasteiger partial charge in [0.1, 0.15) is 5.65 Å². The van der Waals surface area contributed by atoms with E-state index in [-0.39, 0.29) is 5.69 Å². The molecule has 0 atom stereocenters. The summed E-state index contributed by atoms with van der Waals surface area (Å²) in [5.74, 6) is -0.979. The molecule has 84 valence electrons. The monoisotopic (exact) mass is 290 g/mol. The van der Waals surface area contributed by atoms with Crippen LogP contribution in [-0.4, -0.2) is 20.5 Å². The number of benzene rings is 1. The Bertz CT molecular complexity index is 749. The molecular weight excluding hydrogens is 284 g/mol. The molecule has 3 aromatic rings.